The van der Waals surface area contributed by atoms with Crippen molar-refractivity contribution in [1.82, 2.24) is 0 Å². The van der Waals surface area contributed by atoms with Gasteiger partial charge in [-0.15, -0.1) is 0 Å². The zero-order valence-electron chi connectivity index (χ0n) is 24.5. The van der Waals surface area contributed by atoms with Crippen LogP contribution in [0.25, 0.3) is 10.8 Å². The van der Waals surface area contributed by atoms with E-state index in [1.54, 1.807) is 36.4 Å². The maximum absolute atomic E-state index is 15.3. The topological polar surface area (TPSA) is 18.5 Å². The number of unbranched alkanes of at least 4 members (excludes halogenated alkanes) is 4. The second-order valence-corrected chi connectivity index (χ2v) is 10.9. The van der Waals surface area contributed by atoms with Gasteiger partial charge >= 0.3 is 6.18 Å². The van der Waals surface area contributed by atoms with Gasteiger partial charge in [0.2, 0.25) is 0 Å². The lowest BCUT2D eigenvalue weighted by atomic mass is 9.97. The van der Waals surface area contributed by atoms with Crippen LogP contribution in [0.2, 0.25) is 0 Å². The van der Waals surface area contributed by atoms with Crippen LogP contribution >= 0.6 is 0 Å². The van der Waals surface area contributed by atoms with E-state index in [2.05, 4.69) is 11.7 Å². The third kappa shape index (κ3) is 9.37. The number of benzene rings is 4. The van der Waals surface area contributed by atoms with E-state index < -0.39 is 36.0 Å². The highest BCUT2D eigenvalue weighted by Gasteiger charge is 2.30. The molecule has 4 aromatic rings. The van der Waals surface area contributed by atoms with Gasteiger partial charge in [0.25, 0.3) is 0 Å². The van der Waals surface area contributed by atoms with Crippen LogP contribution in [-0.4, -0.2) is 19.4 Å². The number of fused-ring (bicyclic) bond motifs is 1. The van der Waals surface area contributed by atoms with Crippen LogP contribution in [0.4, 0.5) is 30.7 Å². The molecule has 4 aromatic carbocycles. The molecule has 0 aliphatic carbocycles. The average Bonchev–Trinajstić information content (AvgIpc) is 2.97. The van der Waals surface area contributed by atoms with Crippen molar-refractivity contribution in [2.45, 2.75) is 70.9 Å². The fourth-order valence-electron chi connectivity index (χ4n) is 5.06. The van der Waals surface area contributed by atoms with E-state index in [-0.39, 0.29) is 24.2 Å². The van der Waals surface area contributed by atoms with Crippen LogP contribution in [0.3, 0.4) is 0 Å². The van der Waals surface area contributed by atoms with Crippen molar-refractivity contribution in [2.75, 3.05) is 13.2 Å². The van der Waals surface area contributed by atoms with E-state index in [4.69, 9.17) is 4.74 Å². The predicted octanol–water partition coefficient (Wildman–Crippen LogP) is 10.3. The van der Waals surface area contributed by atoms with E-state index >= 15 is 4.39 Å². The highest BCUT2D eigenvalue weighted by atomic mass is 19.4. The Morgan fingerprint density at radius 2 is 1.30 bits per heavy atom. The zero-order valence-corrected chi connectivity index (χ0v) is 24.5. The monoisotopic (exact) mass is 620 g/mol. The van der Waals surface area contributed by atoms with Crippen molar-refractivity contribution < 1.29 is 40.2 Å². The predicted molar refractivity (Wildman–Crippen MR) is 157 cm³/mol. The lowest BCUT2D eigenvalue weighted by molar-refractivity contribution is -0.154. The first-order valence-corrected chi connectivity index (χ1v) is 14.8. The minimum Gasteiger partial charge on any atom is -0.493 e. The fourth-order valence-corrected chi connectivity index (χ4v) is 5.06. The van der Waals surface area contributed by atoms with E-state index in [9.17, 15) is 26.3 Å². The van der Waals surface area contributed by atoms with Crippen LogP contribution in [-0.2, 0) is 25.7 Å². The van der Waals surface area contributed by atoms with Crippen LogP contribution < -0.4 is 9.47 Å². The Morgan fingerprint density at radius 3 is 2.00 bits per heavy atom. The minimum atomic E-state index is -4.74. The summed E-state index contributed by atoms with van der Waals surface area (Å²) in [6, 6.07) is 15.3. The molecular weight excluding hydrogens is 585 g/mol. The molecule has 44 heavy (non-hydrogen) atoms. The summed E-state index contributed by atoms with van der Waals surface area (Å²) in [7, 11) is 0. The van der Waals surface area contributed by atoms with Crippen molar-refractivity contribution in [3.8, 4) is 11.5 Å². The summed E-state index contributed by atoms with van der Waals surface area (Å²) in [5.41, 5.74) is 1.96. The van der Waals surface area contributed by atoms with E-state index in [1.807, 2.05) is 6.07 Å². The van der Waals surface area contributed by atoms with Gasteiger partial charge in [0.1, 0.15) is 17.4 Å². The summed E-state index contributed by atoms with van der Waals surface area (Å²) >= 11 is 0. The van der Waals surface area contributed by atoms with Crippen LogP contribution in [0.1, 0.15) is 61.3 Å². The Labute approximate surface area is 252 Å². The molecule has 0 saturated carbocycles. The summed E-state index contributed by atoms with van der Waals surface area (Å²) in [5, 5.41) is 1.04. The zero-order chi connectivity index (χ0) is 31.7. The van der Waals surface area contributed by atoms with Gasteiger partial charge in [0.05, 0.1) is 6.61 Å². The Hall–Kier alpha value is -3.75. The first-order chi connectivity index (χ1) is 21.0. The molecular formula is C35H35F7O2. The Morgan fingerprint density at radius 1 is 0.614 bits per heavy atom. The molecule has 0 radical (unpaired) electrons. The molecule has 0 bridgehead atoms. The summed E-state index contributed by atoms with van der Waals surface area (Å²) in [4.78, 5) is 0. The molecule has 0 atom stereocenters. The Bertz CT molecular complexity index is 1530. The Balaban J connectivity index is 1.34. The quantitative estimate of drug-likeness (QED) is 0.0973. The average molecular weight is 621 g/mol. The normalized spacial score (nSPS) is 11.7. The van der Waals surface area contributed by atoms with Gasteiger partial charge in [-0.1, -0.05) is 69.0 Å². The molecule has 0 aliphatic heterocycles. The van der Waals surface area contributed by atoms with Gasteiger partial charge in [0, 0.05) is 11.5 Å². The van der Waals surface area contributed by atoms with Gasteiger partial charge in [-0.2, -0.15) is 13.2 Å². The second-order valence-electron chi connectivity index (χ2n) is 10.9. The summed E-state index contributed by atoms with van der Waals surface area (Å²) in [5.74, 6) is -3.89. The van der Waals surface area contributed by atoms with Gasteiger partial charge in [-0.3, -0.25) is 0 Å². The molecule has 0 aliphatic rings. The van der Waals surface area contributed by atoms with Crippen molar-refractivity contribution in [2.24, 2.45) is 0 Å². The van der Waals surface area contributed by atoms with E-state index in [0.29, 0.717) is 47.1 Å². The number of rotatable bonds is 15. The van der Waals surface area contributed by atoms with Crippen LogP contribution in [0.5, 0.6) is 11.5 Å². The molecule has 236 valence electrons. The Kier molecular flexibility index (Phi) is 11.5. The second kappa shape index (κ2) is 15.3. The molecule has 0 aromatic heterocycles. The third-order valence-corrected chi connectivity index (χ3v) is 7.44. The molecule has 0 N–H and O–H groups in total. The number of ether oxygens (including phenoxy) is 2. The smallest absolute Gasteiger partial charge is 0.422 e. The lowest BCUT2D eigenvalue weighted by Crippen LogP contribution is -2.20. The molecule has 9 heteroatoms. The molecule has 0 saturated heterocycles. The molecule has 2 nitrogen and oxygen atoms in total. The van der Waals surface area contributed by atoms with E-state index in [0.717, 1.165) is 30.5 Å². The molecule has 0 spiro atoms. The fraction of sp³-hybridized carbons (Fsp3) is 0.371. The molecule has 0 heterocycles. The largest absolute Gasteiger partial charge is 0.493 e. The molecule has 0 fully saturated rings. The van der Waals surface area contributed by atoms with Crippen molar-refractivity contribution in [1.29, 1.82) is 0 Å². The highest BCUT2D eigenvalue weighted by molar-refractivity contribution is 5.84. The SMILES string of the molecule is CCCCCCCOc1ccc(CCc2ccc3c(F)c(CCc4cc(F)c(OCC(F)(F)F)c(F)c4)ccc3c2)c(F)c1. The number of aryl methyl sites for hydroxylation is 4. The molecule has 0 unspecified atom stereocenters. The maximum atomic E-state index is 15.3. The number of hydrogen-bond acceptors (Lipinski definition) is 2. The van der Waals surface area contributed by atoms with Gasteiger partial charge in [-0.25, -0.2) is 17.6 Å². The number of hydrogen-bond donors (Lipinski definition) is 0. The first kappa shape index (κ1) is 33.1. The summed E-state index contributed by atoms with van der Waals surface area (Å²) in [6.07, 6.45) is 2.04. The van der Waals surface area contributed by atoms with Crippen molar-refractivity contribution in [3.05, 3.63) is 106 Å². The molecule has 4 rings (SSSR count). The van der Waals surface area contributed by atoms with Crippen molar-refractivity contribution >= 4 is 10.8 Å². The third-order valence-electron chi connectivity index (χ3n) is 7.44. The lowest BCUT2D eigenvalue weighted by Gasteiger charge is -2.12. The van der Waals surface area contributed by atoms with Gasteiger partial charge in [0.15, 0.2) is 24.0 Å². The van der Waals surface area contributed by atoms with Crippen LogP contribution in [0, 0.1) is 23.3 Å². The standard InChI is InChI=1S/C35H35F7O2/c1-2-3-4-5-6-17-43-28-15-14-25(30(36)21-28)10-7-23-9-16-29-27(18-23)13-12-26(33(29)39)11-8-24-19-31(37)34(32(38)20-24)44-22-35(40,41)42/h9,12-16,18-21H,2-8,10-11,17,22H2,1H3. The summed E-state index contributed by atoms with van der Waals surface area (Å²) in [6.45, 7) is 0.907. The van der Waals surface area contributed by atoms with Gasteiger partial charge < -0.3 is 9.47 Å². The highest BCUT2D eigenvalue weighted by Crippen LogP contribution is 2.28. The first-order valence-electron chi connectivity index (χ1n) is 14.8. The van der Waals surface area contributed by atoms with Crippen molar-refractivity contribution in [3.63, 3.8) is 0 Å². The molecule has 0 amide bonds. The van der Waals surface area contributed by atoms with E-state index in [1.165, 1.54) is 25.3 Å². The summed E-state index contributed by atoms with van der Waals surface area (Å²) < 4.78 is 105. The van der Waals surface area contributed by atoms with Gasteiger partial charge in [-0.05, 0) is 77.9 Å². The minimum absolute atomic E-state index is 0.0578. The van der Waals surface area contributed by atoms with Crippen LogP contribution in [0.15, 0.2) is 60.7 Å². The maximum Gasteiger partial charge on any atom is 0.422 e. The number of alkyl halides is 3. The number of halogens is 7.